The molecule has 1 heterocycles. The first-order chi connectivity index (χ1) is 8.19. The van der Waals surface area contributed by atoms with Crippen molar-refractivity contribution < 1.29 is 4.74 Å². The molecule has 5 nitrogen and oxygen atoms in total. The predicted molar refractivity (Wildman–Crippen MR) is 65.9 cm³/mol. The predicted octanol–water partition coefficient (Wildman–Crippen LogP) is 1.83. The number of aromatic amines is 1. The van der Waals surface area contributed by atoms with Gasteiger partial charge in [-0.1, -0.05) is 6.07 Å². The molecule has 0 aliphatic rings. The van der Waals surface area contributed by atoms with E-state index in [9.17, 15) is 4.79 Å². The minimum absolute atomic E-state index is 0.193. The number of anilines is 2. The summed E-state index contributed by atoms with van der Waals surface area (Å²) in [5.41, 5.74) is 1.66. The molecule has 1 aromatic heterocycles. The van der Waals surface area contributed by atoms with Gasteiger partial charge in [0.25, 0.3) is 5.56 Å². The number of H-pyrrole nitrogens is 1. The van der Waals surface area contributed by atoms with Gasteiger partial charge in [-0.15, -0.1) is 0 Å². The molecule has 0 aliphatic heterocycles. The van der Waals surface area contributed by atoms with Crippen LogP contribution in [-0.4, -0.2) is 17.1 Å². The highest BCUT2D eigenvalue weighted by molar-refractivity contribution is 5.57. The van der Waals surface area contributed by atoms with Gasteiger partial charge in [0.15, 0.2) is 0 Å². The zero-order valence-electron chi connectivity index (χ0n) is 9.65. The third-order valence-corrected chi connectivity index (χ3v) is 2.34. The first-order valence-electron chi connectivity index (χ1n) is 5.16. The number of nitrogens with one attached hydrogen (secondary N) is 2. The third-order valence-electron chi connectivity index (χ3n) is 2.34. The molecular weight excluding hydrogens is 218 g/mol. The Labute approximate surface area is 98.5 Å². The average molecular weight is 231 g/mol. The minimum atomic E-state index is -0.193. The van der Waals surface area contributed by atoms with Crippen LogP contribution in [0, 0.1) is 6.92 Å². The van der Waals surface area contributed by atoms with Crippen molar-refractivity contribution in [2.45, 2.75) is 6.92 Å². The molecule has 0 atom stereocenters. The smallest absolute Gasteiger partial charge is 0.252 e. The van der Waals surface area contributed by atoms with Crippen LogP contribution in [0.2, 0.25) is 0 Å². The van der Waals surface area contributed by atoms with Crippen LogP contribution in [0.1, 0.15) is 5.56 Å². The molecule has 1 aromatic carbocycles. The Morgan fingerprint density at radius 1 is 1.35 bits per heavy atom. The maximum absolute atomic E-state index is 11.1. The van der Waals surface area contributed by atoms with Gasteiger partial charge in [0.1, 0.15) is 5.75 Å². The van der Waals surface area contributed by atoms with E-state index in [2.05, 4.69) is 15.3 Å². The van der Waals surface area contributed by atoms with Crippen LogP contribution < -0.4 is 15.6 Å². The van der Waals surface area contributed by atoms with Gasteiger partial charge in [0.2, 0.25) is 5.95 Å². The van der Waals surface area contributed by atoms with Gasteiger partial charge in [0, 0.05) is 24.0 Å². The molecule has 0 radical (unpaired) electrons. The number of aromatic nitrogens is 2. The zero-order valence-corrected chi connectivity index (χ0v) is 9.65. The average Bonchev–Trinajstić information content (AvgIpc) is 2.32. The van der Waals surface area contributed by atoms with Crippen molar-refractivity contribution in [2.75, 3.05) is 12.4 Å². The molecule has 2 N–H and O–H groups in total. The summed E-state index contributed by atoms with van der Waals surface area (Å²) in [5, 5.41) is 3.00. The van der Waals surface area contributed by atoms with E-state index in [1.54, 1.807) is 7.11 Å². The van der Waals surface area contributed by atoms with E-state index in [-0.39, 0.29) is 5.56 Å². The van der Waals surface area contributed by atoms with Gasteiger partial charge < -0.3 is 10.1 Å². The number of nitrogens with zero attached hydrogens (tertiary/aromatic N) is 1. The second-order valence-electron chi connectivity index (χ2n) is 3.59. The summed E-state index contributed by atoms with van der Waals surface area (Å²) < 4.78 is 5.21. The Hall–Kier alpha value is -2.30. The van der Waals surface area contributed by atoms with Crippen molar-refractivity contribution in [2.24, 2.45) is 0 Å². The van der Waals surface area contributed by atoms with Crippen LogP contribution in [0.4, 0.5) is 11.6 Å². The molecule has 88 valence electrons. The van der Waals surface area contributed by atoms with Crippen molar-refractivity contribution in [3.8, 4) is 5.75 Å². The van der Waals surface area contributed by atoms with Gasteiger partial charge >= 0.3 is 0 Å². The Balaban J connectivity index is 2.27. The minimum Gasteiger partial charge on any atom is -0.496 e. The van der Waals surface area contributed by atoms with Crippen LogP contribution in [0.25, 0.3) is 0 Å². The van der Waals surface area contributed by atoms with Crippen LogP contribution in [-0.2, 0) is 0 Å². The normalized spacial score (nSPS) is 10.0. The van der Waals surface area contributed by atoms with Gasteiger partial charge in [0.05, 0.1) is 7.11 Å². The highest BCUT2D eigenvalue weighted by Gasteiger charge is 2.01. The summed E-state index contributed by atoms with van der Waals surface area (Å²) in [6, 6.07) is 7.04. The molecule has 0 amide bonds. The Morgan fingerprint density at radius 3 is 2.88 bits per heavy atom. The quantitative estimate of drug-likeness (QED) is 0.845. The Kier molecular flexibility index (Phi) is 3.09. The van der Waals surface area contributed by atoms with Gasteiger partial charge in [-0.2, -0.15) is 0 Å². The van der Waals surface area contributed by atoms with E-state index in [1.165, 1.54) is 12.3 Å². The van der Waals surface area contributed by atoms with E-state index in [0.717, 1.165) is 17.0 Å². The topological polar surface area (TPSA) is 67.0 Å². The highest BCUT2D eigenvalue weighted by Crippen LogP contribution is 2.23. The van der Waals surface area contributed by atoms with Gasteiger partial charge in [-0.25, -0.2) is 4.98 Å². The van der Waals surface area contributed by atoms with E-state index in [4.69, 9.17) is 4.74 Å². The molecule has 0 unspecified atom stereocenters. The van der Waals surface area contributed by atoms with E-state index < -0.39 is 0 Å². The lowest BCUT2D eigenvalue weighted by Gasteiger charge is -2.08. The summed E-state index contributed by atoms with van der Waals surface area (Å²) in [7, 11) is 1.62. The maximum Gasteiger partial charge on any atom is 0.252 e. The molecule has 0 bridgehead atoms. The largest absolute Gasteiger partial charge is 0.496 e. The van der Waals surface area contributed by atoms with E-state index in [0.29, 0.717) is 5.95 Å². The number of ether oxygens (including phenoxy) is 1. The second-order valence-corrected chi connectivity index (χ2v) is 3.59. The summed E-state index contributed by atoms with van der Waals surface area (Å²) >= 11 is 0. The van der Waals surface area contributed by atoms with Crippen molar-refractivity contribution in [3.63, 3.8) is 0 Å². The summed E-state index contributed by atoms with van der Waals surface area (Å²) in [6.45, 7) is 1.96. The number of hydrogen-bond acceptors (Lipinski definition) is 4. The van der Waals surface area contributed by atoms with Crippen LogP contribution in [0.3, 0.4) is 0 Å². The lowest BCUT2D eigenvalue weighted by atomic mass is 10.2. The van der Waals surface area contributed by atoms with E-state index in [1.807, 2.05) is 25.1 Å². The second kappa shape index (κ2) is 4.69. The van der Waals surface area contributed by atoms with Gasteiger partial charge in [-0.05, 0) is 18.6 Å². The van der Waals surface area contributed by atoms with Crippen molar-refractivity contribution >= 4 is 11.6 Å². The highest BCUT2D eigenvalue weighted by atomic mass is 16.5. The lowest BCUT2D eigenvalue weighted by molar-refractivity contribution is 0.412. The molecule has 0 spiro atoms. The van der Waals surface area contributed by atoms with Crippen molar-refractivity contribution in [1.82, 2.24) is 9.97 Å². The third kappa shape index (κ3) is 2.63. The SMILES string of the molecule is COc1cc(Nc2nccc(=O)[nH]2)ccc1C. The standard InChI is InChI=1S/C12H13N3O2/c1-8-3-4-9(7-10(8)17-2)14-12-13-6-5-11(16)15-12/h3-7H,1-2H3,(H2,13,14,15,16). The monoisotopic (exact) mass is 231 g/mol. The van der Waals surface area contributed by atoms with Crippen LogP contribution >= 0.6 is 0 Å². The summed E-state index contributed by atoms with van der Waals surface area (Å²) in [4.78, 5) is 17.7. The fourth-order valence-corrected chi connectivity index (χ4v) is 1.47. The first-order valence-corrected chi connectivity index (χ1v) is 5.16. The molecule has 17 heavy (non-hydrogen) atoms. The van der Waals surface area contributed by atoms with Crippen LogP contribution in [0.15, 0.2) is 35.3 Å². The summed E-state index contributed by atoms with van der Waals surface area (Å²) in [5.74, 6) is 1.19. The Morgan fingerprint density at radius 2 is 2.18 bits per heavy atom. The molecule has 0 saturated carbocycles. The molecular formula is C12H13N3O2. The first kappa shape index (κ1) is 11.2. The number of benzene rings is 1. The number of methoxy groups -OCH3 is 1. The lowest BCUT2D eigenvalue weighted by Crippen LogP contribution is -2.08. The molecule has 0 fully saturated rings. The number of aryl methyl sites for hydroxylation is 1. The van der Waals surface area contributed by atoms with E-state index >= 15 is 0 Å². The molecule has 0 aliphatic carbocycles. The molecule has 0 saturated heterocycles. The molecule has 2 aromatic rings. The van der Waals surface area contributed by atoms with Gasteiger partial charge in [-0.3, -0.25) is 9.78 Å². The maximum atomic E-state index is 11.1. The number of rotatable bonds is 3. The molecule has 2 rings (SSSR count). The zero-order chi connectivity index (χ0) is 12.3. The van der Waals surface area contributed by atoms with Crippen molar-refractivity contribution in [3.05, 3.63) is 46.4 Å². The number of hydrogen-bond donors (Lipinski definition) is 2. The fourth-order valence-electron chi connectivity index (χ4n) is 1.47. The van der Waals surface area contributed by atoms with Crippen LogP contribution in [0.5, 0.6) is 5.75 Å². The fraction of sp³-hybridized carbons (Fsp3) is 0.167. The Bertz CT molecular complexity index is 578. The summed E-state index contributed by atoms with van der Waals surface area (Å²) in [6.07, 6.45) is 1.45. The molecule has 5 heteroatoms. The van der Waals surface area contributed by atoms with Crippen molar-refractivity contribution in [1.29, 1.82) is 0 Å².